The highest BCUT2D eigenvalue weighted by atomic mass is 14.7. The number of rotatable bonds is 4. The second-order valence-corrected chi connectivity index (χ2v) is 3.78. The molecule has 0 fully saturated rings. The smallest absolute Gasteiger partial charge is 0.0407 e. The molecule has 2 nitrogen and oxygen atoms in total. The van der Waals surface area contributed by atoms with Gasteiger partial charge in [0.05, 0.1) is 0 Å². The van der Waals surface area contributed by atoms with Crippen LogP contribution in [0.5, 0.6) is 0 Å². The number of hydrogen-bond acceptors (Lipinski definition) is 2. The van der Waals surface area contributed by atoms with Gasteiger partial charge in [-0.15, -0.1) is 0 Å². The summed E-state index contributed by atoms with van der Waals surface area (Å²) >= 11 is 0. The molecule has 0 unspecified atom stereocenters. The van der Waals surface area contributed by atoms with Gasteiger partial charge in [-0.3, -0.25) is 4.98 Å². The van der Waals surface area contributed by atoms with Gasteiger partial charge in [0.15, 0.2) is 0 Å². The Morgan fingerprint density at radius 1 is 1.36 bits per heavy atom. The molecule has 0 aliphatic rings. The Hall–Kier alpha value is -0.890. The summed E-state index contributed by atoms with van der Waals surface area (Å²) in [6.07, 6.45) is 5.50. The third kappa shape index (κ3) is 2.32. The van der Waals surface area contributed by atoms with E-state index < -0.39 is 0 Å². The highest BCUT2D eigenvalue weighted by molar-refractivity contribution is 5.35. The van der Waals surface area contributed by atoms with Crippen molar-refractivity contribution in [1.82, 2.24) is 4.98 Å². The van der Waals surface area contributed by atoms with E-state index in [2.05, 4.69) is 25.8 Å². The Kier molecular flexibility index (Phi) is 4.08. The zero-order chi connectivity index (χ0) is 10.6. The van der Waals surface area contributed by atoms with Crippen LogP contribution in [-0.4, -0.2) is 4.98 Å². The van der Waals surface area contributed by atoms with Gasteiger partial charge in [0.1, 0.15) is 0 Å². The molecular weight excluding hydrogens is 172 g/mol. The Morgan fingerprint density at radius 3 is 2.64 bits per heavy atom. The molecule has 1 heterocycles. The first-order valence-electron chi connectivity index (χ1n) is 5.34. The summed E-state index contributed by atoms with van der Waals surface area (Å²) in [6, 6.07) is 0. The summed E-state index contributed by atoms with van der Waals surface area (Å²) in [5.41, 5.74) is 10.7. The van der Waals surface area contributed by atoms with E-state index in [1.54, 1.807) is 0 Å². The van der Waals surface area contributed by atoms with E-state index in [4.69, 9.17) is 5.73 Å². The summed E-state index contributed by atoms with van der Waals surface area (Å²) in [7, 11) is 0. The van der Waals surface area contributed by atoms with Crippen molar-refractivity contribution >= 4 is 0 Å². The highest BCUT2D eigenvalue weighted by Crippen LogP contribution is 2.17. The maximum atomic E-state index is 5.66. The molecule has 0 spiro atoms. The fourth-order valence-electron chi connectivity index (χ4n) is 1.74. The molecule has 0 radical (unpaired) electrons. The van der Waals surface area contributed by atoms with Crippen molar-refractivity contribution in [1.29, 1.82) is 0 Å². The van der Waals surface area contributed by atoms with Crippen molar-refractivity contribution in [2.45, 2.75) is 46.6 Å². The fraction of sp³-hybridized carbons (Fsp3) is 0.583. The lowest BCUT2D eigenvalue weighted by molar-refractivity contribution is 0.778. The number of aromatic nitrogens is 1. The molecule has 14 heavy (non-hydrogen) atoms. The molecule has 1 rings (SSSR count). The standard InChI is InChI=1S/C12H20N2/c1-4-5-6-12-9(2)11(7-13)8-14-10(12)3/h8H,4-7,13H2,1-3H3. The highest BCUT2D eigenvalue weighted by Gasteiger charge is 2.06. The zero-order valence-electron chi connectivity index (χ0n) is 9.43. The number of pyridine rings is 1. The van der Waals surface area contributed by atoms with E-state index in [9.17, 15) is 0 Å². The summed E-state index contributed by atoms with van der Waals surface area (Å²) in [5, 5.41) is 0. The molecule has 0 aromatic carbocycles. The van der Waals surface area contributed by atoms with Gasteiger partial charge in [-0.2, -0.15) is 0 Å². The molecule has 0 aliphatic carbocycles. The van der Waals surface area contributed by atoms with E-state index in [1.165, 1.54) is 29.5 Å². The van der Waals surface area contributed by atoms with Gasteiger partial charge < -0.3 is 5.73 Å². The van der Waals surface area contributed by atoms with Gasteiger partial charge in [-0.1, -0.05) is 13.3 Å². The van der Waals surface area contributed by atoms with E-state index in [1.807, 2.05) is 6.20 Å². The number of hydrogen-bond donors (Lipinski definition) is 1. The Labute approximate surface area is 86.5 Å². The van der Waals surface area contributed by atoms with Crippen molar-refractivity contribution < 1.29 is 0 Å². The summed E-state index contributed by atoms with van der Waals surface area (Å²) < 4.78 is 0. The Balaban J connectivity index is 2.99. The zero-order valence-corrected chi connectivity index (χ0v) is 9.43. The second kappa shape index (κ2) is 5.11. The molecule has 0 atom stereocenters. The molecule has 2 N–H and O–H groups in total. The second-order valence-electron chi connectivity index (χ2n) is 3.78. The van der Waals surface area contributed by atoms with Gasteiger partial charge >= 0.3 is 0 Å². The predicted molar refractivity (Wildman–Crippen MR) is 60.2 cm³/mol. The molecule has 0 saturated heterocycles. The molecule has 1 aromatic rings. The Morgan fingerprint density at radius 2 is 2.07 bits per heavy atom. The number of nitrogens with two attached hydrogens (primary N) is 1. The van der Waals surface area contributed by atoms with E-state index >= 15 is 0 Å². The van der Waals surface area contributed by atoms with Crippen molar-refractivity contribution in [3.63, 3.8) is 0 Å². The van der Waals surface area contributed by atoms with Crippen LogP contribution in [0.4, 0.5) is 0 Å². The van der Waals surface area contributed by atoms with E-state index in [0.717, 1.165) is 12.1 Å². The van der Waals surface area contributed by atoms with Crippen LogP contribution < -0.4 is 5.73 Å². The minimum absolute atomic E-state index is 0.595. The fourth-order valence-corrected chi connectivity index (χ4v) is 1.74. The topological polar surface area (TPSA) is 38.9 Å². The molecule has 0 bridgehead atoms. The molecule has 2 heteroatoms. The number of nitrogens with zero attached hydrogens (tertiary/aromatic N) is 1. The van der Waals surface area contributed by atoms with Crippen LogP contribution >= 0.6 is 0 Å². The molecule has 0 aliphatic heterocycles. The molecule has 0 amide bonds. The van der Waals surface area contributed by atoms with Crippen molar-refractivity contribution in [3.05, 3.63) is 28.6 Å². The quantitative estimate of drug-likeness (QED) is 0.796. The van der Waals surface area contributed by atoms with Crippen LogP contribution in [0.1, 0.15) is 42.1 Å². The van der Waals surface area contributed by atoms with Gasteiger partial charge in [0.2, 0.25) is 0 Å². The van der Waals surface area contributed by atoms with Crippen LogP contribution in [0.25, 0.3) is 0 Å². The molecule has 78 valence electrons. The molecular formula is C12H20N2. The van der Waals surface area contributed by atoms with E-state index in [-0.39, 0.29) is 0 Å². The van der Waals surface area contributed by atoms with Crippen LogP contribution in [-0.2, 0) is 13.0 Å². The van der Waals surface area contributed by atoms with Gasteiger partial charge in [-0.05, 0) is 43.4 Å². The summed E-state index contributed by atoms with van der Waals surface area (Å²) in [5.74, 6) is 0. The lowest BCUT2D eigenvalue weighted by Crippen LogP contribution is -2.05. The van der Waals surface area contributed by atoms with Crippen molar-refractivity contribution in [2.24, 2.45) is 5.73 Å². The lowest BCUT2D eigenvalue weighted by atomic mass is 9.98. The minimum Gasteiger partial charge on any atom is -0.326 e. The van der Waals surface area contributed by atoms with Gasteiger partial charge in [0.25, 0.3) is 0 Å². The Bertz CT molecular complexity index is 305. The monoisotopic (exact) mass is 192 g/mol. The van der Waals surface area contributed by atoms with Crippen LogP contribution in [0, 0.1) is 13.8 Å². The summed E-state index contributed by atoms with van der Waals surface area (Å²) in [6.45, 7) is 7.04. The lowest BCUT2D eigenvalue weighted by Gasteiger charge is -2.11. The van der Waals surface area contributed by atoms with Crippen LogP contribution in [0.2, 0.25) is 0 Å². The average molecular weight is 192 g/mol. The maximum absolute atomic E-state index is 5.66. The van der Waals surface area contributed by atoms with E-state index in [0.29, 0.717) is 6.54 Å². The normalized spacial score (nSPS) is 10.6. The third-order valence-electron chi connectivity index (χ3n) is 2.79. The third-order valence-corrected chi connectivity index (χ3v) is 2.79. The number of unbranched alkanes of at least 4 members (excludes halogenated alkanes) is 1. The average Bonchev–Trinajstić information content (AvgIpc) is 2.18. The maximum Gasteiger partial charge on any atom is 0.0407 e. The van der Waals surface area contributed by atoms with Gasteiger partial charge in [-0.25, -0.2) is 0 Å². The SMILES string of the molecule is CCCCc1c(C)ncc(CN)c1C. The van der Waals surface area contributed by atoms with Crippen molar-refractivity contribution in [2.75, 3.05) is 0 Å². The minimum atomic E-state index is 0.595. The largest absolute Gasteiger partial charge is 0.326 e. The van der Waals surface area contributed by atoms with Gasteiger partial charge in [0, 0.05) is 18.4 Å². The molecule has 0 saturated carbocycles. The first-order chi connectivity index (χ1) is 6.70. The van der Waals surface area contributed by atoms with Crippen LogP contribution in [0.3, 0.4) is 0 Å². The van der Waals surface area contributed by atoms with Crippen molar-refractivity contribution in [3.8, 4) is 0 Å². The summed E-state index contributed by atoms with van der Waals surface area (Å²) in [4.78, 5) is 4.38. The first kappa shape index (κ1) is 11.2. The first-order valence-corrected chi connectivity index (χ1v) is 5.34. The predicted octanol–water partition coefficient (Wildman–Crippen LogP) is 2.50. The molecule has 1 aromatic heterocycles. The number of aryl methyl sites for hydroxylation is 1. The van der Waals surface area contributed by atoms with Crippen LogP contribution in [0.15, 0.2) is 6.20 Å².